The number of ether oxygens (including phenoxy) is 1. The molecule has 1 aliphatic rings. The predicted octanol–water partition coefficient (Wildman–Crippen LogP) is 1.21. The first kappa shape index (κ1) is 22.4. The van der Waals surface area contributed by atoms with Crippen LogP contribution < -0.4 is 5.32 Å². The summed E-state index contributed by atoms with van der Waals surface area (Å²) < 4.78 is 58.2. The van der Waals surface area contributed by atoms with Gasteiger partial charge in [0.2, 0.25) is 20.0 Å². The highest BCUT2D eigenvalue weighted by molar-refractivity contribution is 7.89. The lowest BCUT2D eigenvalue weighted by atomic mass is 10.2. The van der Waals surface area contributed by atoms with Crippen molar-refractivity contribution in [2.24, 2.45) is 0 Å². The number of hydrogen-bond acceptors (Lipinski definition) is 6. The number of carbonyl (C=O) groups excluding carboxylic acids is 1. The number of hydrogen-bond donors (Lipinski definition) is 1. The Morgan fingerprint density at radius 3 is 2.33 bits per heavy atom. The van der Waals surface area contributed by atoms with Crippen molar-refractivity contribution in [2.75, 3.05) is 45.7 Å². The normalized spacial score (nSPS) is 15.8. The Morgan fingerprint density at radius 1 is 1.00 bits per heavy atom. The Morgan fingerprint density at radius 2 is 1.67 bits per heavy atom. The van der Waals surface area contributed by atoms with Gasteiger partial charge in [-0.15, -0.1) is 0 Å². The smallest absolute Gasteiger partial charge is 0.255 e. The fourth-order valence-corrected chi connectivity index (χ4v) is 5.42. The van der Waals surface area contributed by atoms with Crippen LogP contribution in [-0.2, 0) is 24.8 Å². The number of amides is 1. The molecule has 0 spiro atoms. The van der Waals surface area contributed by atoms with Gasteiger partial charge >= 0.3 is 0 Å². The molecule has 0 bridgehead atoms. The van der Waals surface area contributed by atoms with E-state index in [2.05, 4.69) is 5.32 Å². The first-order valence-corrected chi connectivity index (χ1v) is 12.0. The van der Waals surface area contributed by atoms with Gasteiger partial charge in [0.05, 0.1) is 23.8 Å². The summed E-state index contributed by atoms with van der Waals surface area (Å²) in [4.78, 5) is 12.7. The van der Waals surface area contributed by atoms with Gasteiger partial charge in [0.15, 0.2) is 0 Å². The van der Waals surface area contributed by atoms with Crippen LogP contribution in [0.4, 0.5) is 5.69 Å². The van der Waals surface area contributed by atoms with Crippen molar-refractivity contribution in [3.8, 4) is 0 Å². The zero-order chi connectivity index (χ0) is 21.9. The number of sulfonamides is 2. The van der Waals surface area contributed by atoms with E-state index in [1.54, 1.807) is 12.1 Å². The third-order valence-corrected chi connectivity index (χ3v) is 8.37. The van der Waals surface area contributed by atoms with Crippen LogP contribution in [0.3, 0.4) is 0 Å². The first-order chi connectivity index (χ1) is 14.1. The summed E-state index contributed by atoms with van der Waals surface area (Å²) in [6.07, 6.45) is 0. The number of para-hydroxylation sites is 1. The maximum atomic E-state index is 12.8. The standard InChI is InChI=1S/C19H23N3O6S2/c1-21(2)30(26,27)18-9-4-3-8-17(18)20-19(23)15-6-5-7-16(14-15)29(24,25)22-10-12-28-13-11-22/h3-9,14H,10-13H2,1-2H3,(H,20,23). The van der Waals surface area contributed by atoms with Crippen LogP contribution in [0.5, 0.6) is 0 Å². The van der Waals surface area contributed by atoms with Crippen molar-refractivity contribution in [3.05, 3.63) is 54.1 Å². The van der Waals surface area contributed by atoms with E-state index >= 15 is 0 Å². The van der Waals surface area contributed by atoms with Crippen molar-refractivity contribution < 1.29 is 26.4 Å². The molecule has 1 fully saturated rings. The molecule has 0 unspecified atom stereocenters. The molecular weight excluding hydrogens is 430 g/mol. The summed E-state index contributed by atoms with van der Waals surface area (Å²) in [7, 11) is -4.75. The third-order valence-electron chi connectivity index (χ3n) is 4.60. The average molecular weight is 454 g/mol. The topological polar surface area (TPSA) is 113 Å². The molecule has 2 aromatic rings. The zero-order valence-corrected chi connectivity index (χ0v) is 18.2. The molecule has 0 atom stereocenters. The van der Waals surface area contributed by atoms with Gasteiger partial charge in [-0.05, 0) is 30.3 Å². The molecule has 1 saturated heterocycles. The van der Waals surface area contributed by atoms with Crippen molar-refractivity contribution in [1.82, 2.24) is 8.61 Å². The molecule has 9 nitrogen and oxygen atoms in total. The minimum absolute atomic E-state index is 0.00810. The maximum Gasteiger partial charge on any atom is 0.255 e. The fourth-order valence-electron chi connectivity index (χ4n) is 2.92. The van der Waals surface area contributed by atoms with E-state index in [1.807, 2.05) is 0 Å². The summed E-state index contributed by atoms with van der Waals surface area (Å²) in [5.41, 5.74) is 0.207. The SMILES string of the molecule is CN(C)S(=O)(=O)c1ccccc1NC(=O)c1cccc(S(=O)(=O)N2CCOCC2)c1. The van der Waals surface area contributed by atoms with Crippen molar-refractivity contribution in [1.29, 1.82) is 0 Å². The molecule has 3 rings (SSSR count). The van der Waals surface area contributed by atoms with E-state index in [4.69, 9.17) is 4.74 Å². The van der Waals surface area contributed by atoms with E-state index in [0.717, 1.165) is 4.31 Å². The van der Waals surface area contributed by atoms with Crippen LogP contribution >= 0.6 is 0 Å². The van der Waals surface area contributed by atoms with Crippen LogP contribution in [0.2, 0.25) is 0 Å². The molecule has 0 aromatic heterocycles. The molecule has 0 saturated carbocycles. The Hall–Kier alpha value is -2.31. The molecule has 0 radical (unpaired) electrons. The minimum Gasteiger partial charge on any atom is -0.379 e. The number of benzene rings is 2. The number of nitrogens with one attached hydrogen (secondary N) is 1. The van der Waals surface area contributed by atoms with E-state index in [1.165, 1.54) is 54.8 Å². The van der Waals surface area contributed by atoms with Gasteiger partial charge in [0.1, 0.15) is 4.90 Å². The lowest BCUT2D eigenvalue weighted by Gasteiger charge is -2.26. The lowest BCUT2D eigenvalue weighted by molar-refractivity contribution is 0.0730. The van der Waals surface area contributed by atoms with Gasteiger partial charge in [-0.3, -0.25) is 4.79 Å². The number of anilines is 1. The molecule has 11 heteroatoms. The highest BCUT2D eigenvalue weighted by Gasteiger charge is 2.27. The van der Waals surface area contributed by atoms with Crippen LogP contribution in [0.25, 0.3) is 0 Å². The molecule has 30 heavy (non-hydrogen) atoms. The van der Waals surface area contributed by atoms with Gasteiger partial charge < -0.3 is 10.1 Å². The summed E-state index contributed by atoms with van der Waals surface area (Å²) in [5, 5.41) is 2.57. The Kier molecular flexibility index (Phi) is 6.58. The average Bonchev–Trinajstić information content (AvgIpc) is 2.74. The summed E-state index contributed by atoms with van der Waals surface area (Å²) in [5.74, 6) is -0.615. The van der Waals surface area contributed by atoms with Crippen LogP contribution in [0, 0.1) is 0 Å². The molecule has 0 aliphatic carbocycles. The molecule has 1 amide bonds. The number of morpholine rings is 1. The number of nitrogens with zero attached hydrogens (tertiary/aromatic N) is 2. The quantitative estimate of drug-likeness (QED) is 0.703. The van der Waals surface area contributed by atoms with Crippen molar-refractivity contribution >= 4 is 31.6 Å². The number of carbonyl (C=O) groups is 1. The molecule has 1 aliphatic heterocycles. The van der Waals surface area contributed by atoms with Gasteiger partial charge in [-0.2, -0.15) is 4.31 Å². The van der Waals surface area contributed by atoms with E-state index < -0.39 is 26.0 Å². The lowest BCUT2D eigenvalue weighted by Crippen LogP contribution is -2.40. The van der Waals surface area contributed by atoms with Crippen LogP contribution in [0.1, 0.15) is 10.4 Å². The summed E-state index contributed by atoms with van der Waals surface area (Å²) in [6.45, 7) is 1.12. The molecule has 1 heterocycles. The van der Waals surface area contributed by atoms with Gasteiger partial charge in [-0.25, -0.2) is 21.1 Å². The van der Waals surface area contributed by atoms with Crippen LogP contribution in [-0.4, -0.2) is 71.8 Å². The van der Waals surface area contributed by atoms with Crippen molar-refractivity contribution in [2.45, 2.75) is 9.79 Å². The second-order valence-corrected chi connectivity index (χ2v) is 10.8. The monoisotopic (exact) mass is 453 g/mol. The molecule has 162 valence electrons. The molecular formula is C19H23N3O6S2. The van der Waals surface area contributed by atoms with Crippen LogP contribution in [0.15, 0.2) is 58.3 Å². The van der Waals surface area contributed by atoms with E-state index in [9.17, 15) is 21.6 Å². The Labute approximate surface area is 176 Å². The Bertz CT molecular complexity index is 1140. The second kappa shape index (κ2) is 8.82. The van der Waals surface area contributed by atoms with E-state index in [-0.39, 0.29) is 34.1 Å². The second-order valence-electron chi connectivity index (χ2n) is 6.78. The molecule has 1 N–H and O–H groups in total. The van der Waals surface area contributed by atoms with Gasteiger partial charge in [0.25, 0.3) is 5.91 Å². The number of rotatable bonds is 6. The first-order valence-electron chi connectivity index (χ1n) is 9.15. The Balaban J connectivity index is 1.89. The van der Waals surface area contributed by atoms with Gasteiger partial charge in [-0.1, -0.05) is 18.2 Å². The van der Waals surface area contributed by atoms with Gasteiger partial charge in [0, 0.05) is 32.7 Å². The van der Waals surface area contributed by atoms with Crippen molar-refractivity contribution in [3.63, 3.8) is 0 Å². The largest absolute Gasteiger partial charge is 0.379 e. The third kappa shape index (κ3) is 4.55. The zero-order valence-electron chi connectivity index (χ0n) is 16.6. The minimum atomic E-state index is -3.78. The fraction of sp³-hybridized carbons (Fsp3) is 0.316. The maximum absolute atomic E-state index is 12.8. The van der Waals surface area contributed by atoms with E-state index in [0.29, 0.717) is 13.2 Å². The predicted molar refractivity (Wildman–Crippen MR) is 111 cm³/mol. The summed E-state index contributed by atoms with van der Waals surface area (Å²) >= 11 is 0. The molecule has 2 aromatic carbocycles. The highest BCUT2D eigenvalue weighted by Crippen LogP contribution is 2.24. The highest BCUT2D eigenvalue weighted by atomic mass is 32.2. The summed E-state index contributed by atoms with van der Waals surface area (Å²) in [6, 6.07) is 11.7.